The van der Waals surface area contributed by atoms with Gasteiger partial charge in [-0.05, 0) is 17.7 Å². The topological polar surface area (TPSA) is 57.1 Å². The summed E-state index contributed by atoms with van der Waals surface area (Å²) in [7, 11) is 2.99. The number of para-hydroxylation sites is 2. The van der Waals surface area contributed by atoms with Crippen LogP contribution in [0, 0.1) is 0 Å². The molecular formula is C17H17NO4. The second kappa shape index (κ2) is 7.83. The SMILES string of the molecule is CON=C(C=O)c1ccccc1COc1ccccc1OC. The quantitative estimate of drug-likeness (QED) is 0.448. The van der Waals surface area contributed by atoms with Crippen molar-refractivity contribution in [3.05, 3.63) is 59.7 Å². The lowest BCUT2D eigenvalue weighted by Crippen LogP contribution is -2.09. The van der Waals surface area contributed by atoms with Crippen LogP contribution in [-0.2, 0) is 16.2 Å². The molecule has 0 bridgehead atoms. The van der Waals surface area contributed by atoms with E-state index >= 15 is 0 Å². The van der Waals surface area contributed by atoms with Crippen molar-refractivity contribution in [3.63, 3.8) is 0 Å². The third-order valence-corrected chi connectivity index (χ3v) is 3.05. The zero-order chi connectivity index (χ0) is 15.8. The molecule has 5 heteroatoms. The fraction of sp³-hybridized carbons (Fsp3) is 0.176. The van der Waals surface area contributed by atoms with Gasteiger partial charge in [0.2, 0.25) is 0 Å². The molecule has 5 nitrogen and oxygen atoms in total. The van der Waals surface area contributed by atoms with Crippen molar-refractivity contribution in [2.45, 2.75) is 6.61 Å². The molecule has 0 aliphatic carbocycles. The van der Waals surface area contributed by atoms with Crippen molar-refractivity contribution >= 4 is 12.0 Å². The lowest BCUT2D eigenvalue weighted by atomic mass is 10.0. The van der Waals surface area contributed by atoms with Gasteiger partial charge in [0.15, 0.2) is 17.8 Å². The first kappa shape index (κ1) is 15.6. The summed E-state index contributed by atoms with van der Waals surface area (Å²) in [5, 5.41) is 3.73. The molecule has 0 spiro atoms. The van der Waals surface area contributed by atoms with Gasteiger partial charge in [-0.15, -0.1) is 0 Å². The van der Waals surface area contributed by atoms with Gasteiger partial charge in [-0.2, -0.15) is 0 Å². The number of ether oxygens (including phenoxy) is 2. The Bertz CT molecular complexity index is 667. The third-order valence-electron chi connectivity index (χ3n) is 3.05. The predicted octanol–water partition coefficient (Wildman–Crippen LogP) is 2.82. The maximum absolute atomic E-state index is 11.2. The molecule has 0 aliphatic rings. The van der Waals surface area contributed by atoms with Gasteiger partial charge in [-0.25, -0.2) is 0 Å². The van der Waals surface area contributed by atoms with Crippen molar-refractivity contribution in [1.29, 1.82) is 0 Å². The fourth-order valence-corrected chi connectivity index (χ4v) is 2.02. The fourth-order valence-electron chi connectivity index (χ4n) is 2.02. The molecule has 0 fully saturated rings. The molecule has 114 valence electrons. The van der Waals surface area contributed by atoms with Gasteiger partial charge < -0.3 is 14.3 Å². The highest BCUT2D eigenvalue weighted by Crippen LogP contribution is 2.27. The second-order valence-corrected chi connectivity index (χ2v) is 4.37. The van der Waals surface area contributed by atoms with Gasteiger partial charge in [0.1, 0.15) is 19.4 Å². The van der Waals surface area contributed by atoms with Crippen LogP contribution < -0.4 is 9.47 Å². The van der Waals surface area contributed by atoms with Crippen LogP contribution in [0.1, 0.15) is 11.1 Å². The molecule has 0 amide bonds. The summed E-state index contributed by atoms with van der Waals surface area (Å²) < 4.78 is 11.0. The minimum atomic E-state index is 0.224. The van der Waals surface area contributed by atoms with Gasteiger partial charge in [-0.1, -0.05) is 41.6 Å². The lowest BCUT2D eigenvalue weighted by molar-refractivity contribution is -0.102. The minimum Gasteiger partial charge on any atom is -0.493 e. The van der Waals surface area contributed by atoms with Gasteiger partial charge >= 0.3 is 0 Å². The Kier molecular flexibility index (Phi) is 5.54. The summed E-state index contributed by atoms with van der Waals surface area (Å²) in [6.07, 6.45) is 0.658. The first-order valence-corrected chi connectivity index (χ1v) is 6.70. The Morgan fingerprint density at radius 1 is 1.05 bits per heavy atom. The van der Waals surface area contributed by atoms with Crippen molar-refractivity contribution in [3.8, 4) is 11.5 Å². The molecule has 0 radical (unpaired) electrons. The van der Waals surface area contributed by atoms with Gasteiger partial charge in [-0.3, -0.25) is 4.79 Å². The first-order chi connectivity index (χ1) is 10.8. The summed E-state index contributed by atoms with van der Waals surface area (Å²) in [6.45, 7) is 0.285. The highest BCUT2D eigenvalue weighted by atomic mass is 16.6. The van der Waals surface area contributed by atoms with Crippen LogP contribution in [0.25, 0.3) is 0 Å². The zero-order valence-electron chi connectivity index (χ0n) is 12.5. The molecule has 0 saturated heterocycles. The summed E-state index contributed by atoms with van der Waals surface area (Å²) in [5.41, 5.74) is 1.73. The van der Waals surface area contributed by atoms with Gasteiger partial charge in [0, 0.05) is 5.56 Å². The van der Waals surface area contributed by atoms with E-state index < -0.39 is 0 Å². The number of carbonyl (C=O) groups is 1. The molecular weight excluding hydrogens is 282 g/mol. The Hall–Kier alpha value is -2.82. The Morgan fingerprint density at radius 3 is 2.41 bits per heavy atom. The van der Waals surface area contributed by atoms with Crippen molar-refractivity contribution in [2.24, 2.45) is 5.16 Å². The molecule has 0 aliphatic heterocycles. The minimum absolute atomic E-state index is 0.224. The number of aldehydes is 1. The molecule has 0 unspecified atom stereocenters. The number of carbonyl (C=O) groups excluding carboxylic acids is 1. The Balaban J connectivity index is 2.23. The third kappa shape index (κ3) is 3.63. The molecule has 2 aromatic rings. The smallest absolute Gasteiger partial charge is 0.172 e. The normalized spacial score (nSPS) is 10.9. The second-order valence-electron chi connectivity index (χ2n) is 4.37. The van der Waals surface area contributed by atoms with Crippen LogP contribution in [-0.4, -0.2) is 26.2 Å². The highest BCUT2D eigenvalue weighted by molar-refractivity contribution is 6.36. The first-order valence-electron chi connectivity index (χ1n) is 6.70. The average molecular weight is 299 g/mol. The predicted molar refractivity (Wildman–Crippen MR) is 83.4 cm³/mol. The van der Waals surface area contributed by atoms with E-state index in [0.29, 0.717) is 23.3 Å². The maximum atomic E-state index is 11.2. The van der Waals surface area contributed by atoms with Crippen molar-refractivity contribution < 1.29 is 19.1 Å². The van der Waals surface area contributed by atoms with E-state index in [1.54, 1.807) is 13.2 Å². The number of methoxy groups -OCH3 is 1. The Labute approximate surface area is 129 Å². The Morgan fingerprint density at radius 2 is 1.73 bits per heavy atom. The number of hydrogen-bond donors (Lipinski definition) is 0. The summed E-state index contributed by atoms with van der Waals surface area (Å²) >= 11 is 0. The number of benzene rings is 2. The van der Waals surface area contributed by atoms with E-state index in [4.69, 9.17) is 14.3 Å². The van der Waals surface area contributed by atoms with E-state index in [1.165, 1.54) is 7.11 Å². The zero-order valence-corrected chi connectivity index (χ0v) is 12.5. The molecule has 0 N–H and O–H groups in total. The van der Waals surface area contributed by atoms with E-state index in [9.17, 15) is 4.79 Å². The van der Waals surface area contributed by atoms with Crippen LogP contribution >= 0.6 is 0 Å². The average Bonchev–Trinajstić information content (AvgIpc) is 2.58. The van der Waals surface area contributed by atoms with Crippen LogP contribution in [0.4, 0.5) is 0 Å². The number of nitrogens with zero attached hydrogens (tertiary/aromatic N) is 1. The highest BCUT2D eigenvalue weighted by Gasteiger charge is 2.11. The van der Waals surface area contributed by atoms with Crippen molar-refractivity contribution in [2.75, 3.05) is 14.2 Å². The summed E-state index contributed by atoms with van der Waals surface area (Å²) in [4.78, 5) is 15.9. The molecule has 0 aromatic heterocycles. The number of oxime groups is 1. The number of hydrogen-bond acceptors (Lipinski definition) is 5. The standard InChI is InChI=1S/C17H17NO4/c1-20-16-9-5-6-10-17(16)22-12-13-7-3-4-8-14(13)15(11-19)18-21-2/h3-11H,12H2,1-2H3. The molecule has 0 atom stereocenters. The molecule has 0 saturated carbocycles. The van der Waals surface area contributed by atoms with Gasteiger partial charge in [0.25, 0.3) is 0 Å². The maximum Gasteiger partial charge on any atom is 0.172 e. The molecule has 2 aromatic carbocycles. The summed E-state index contributed by atoms with van der Waals surface area (Å²) in [6, 6.07) is 14.8. The monoisotopic (exact) mass is 299 g/mol. The largest absolute Gasteiger partial charge is 0.493 e. The molecule has 0 heterocycles. The van der Waals surface area contributed by atoms with E-state index in [-0.39, 0.29) is 12.3 Å². The van der Waals surface area contributed by atoms with Crippen LogP contribution in [0.5, 0.6) is 11.5 Å². The van der Waals surface area contributed by atoms with Crippen LogP contribution in [0.15, 0.2) is 53.7 Å². The van der Waals surface area contributed by atoms with E-state index in [2.05, 4.69) is 5.16 Å². The molecule has 2 rings (SSSR count). The summed E-state index contributed by atoms with van der Waals surface area (Å²) in [5.74, 6) is 1.29. The van der Waals surface area contributed by atoms with E-state index in [1.807, 2.05) is 42.5 Å². The molecule has 22 heavy (non-hydrogen) atoms. The lowest BCUT2D eigenvalue weighted by Gasteiger charge is -2.12. The van der Waals surface area contributed by atoms with E-state index in [0.717, 1.165) is 5.56 Å². The van der Waals surface area contributed by atoms with Crippen LogP contribution in [0.3, 0.4) is 0 Å². The van der Waals surface area contributed by atoms with Crippen LogP contribution in [0.2, 0.25) is 0 Å². The number of rotatable bonds is 7. The van der Waals surface area contributed by atoms with Gasteiger partial charge in [0.05, 0.1) is 7.11 Å². The van der Waals surface area contributed by atoms with Crippen molar-refractivity contribution in [1.82, 2.24) is 0 Å².